The number of aromatic nitrogens is 2. The topological polar surface area (TPSA) is 77.7 Å². The molecule has 3 atom stereocenters. The maximum atomic E-state index is 12.8. The standard InChI is InChI=1S/C18H27N3O4/c1-12(24-11-14-5-2-3-10-23-14)18(22)21-9-4-6-15(21)16-19-17(25-20-16)13-7-8-13/h12-15H,2-11H2,1H3/t12-,14-,15-/m0/s1. The fraction of sp³-hybridized carbons (Fsp3) is 0.833. The van der Waals surface area contributed by atoms with E-state index in [9.17, 15) is 4.79 Å². The van der Waals surface area contributed by atoms with Crippen molar-refractivity contribution < 1.29 is 18.8 Å². The minimum Gasteiger partial charge on any atom is -0.376 e. The van der Waals surface area contributed by atoms with Crippen molar-refractivity contribution in [3.63, 3.8) is 0 Å². The Morgan fingerprint density at radius 1 is 1.28 bits per heavy atom. The van der Waals surface area contributed by atoms with Gasteiger partial charge in [-0.25, -0.2) is 0 Å². The second-order valence-corrected chi connectivity index (χ2v) is 7.42. The van der Waals surface area contributed by atoms with Crippen LogP contribution in [0.4, 0.5) is 0 Å². The Kier molecular flexibility index (Phi) is 5.03. The molecule has 1 aromatic rings. The zero-order chi connectivity index (χ0) is 17.2. The number of nitrogens with zero attached hydrogens (tertiary/aromatic N) is 3. The first kappa shape index (κ1) is 17.0. The highest BCUT2D eigenvalue weighted by molar-refractivity contribution is 5.81. The minimum absolute atomic E-state index is 0.0103. The Labute approximate surface area is 148 Å². The fourth-order valence-electron chi connectivity index (χ4n) is 3.67. The number of carbonyl (C=O) groups excluding carboxylic acids is 1. The largest absolute Gasteiger partial charge is 0.376 e. The smallest absolute Gasteiger partial charge is 0.252 e. The van der Waals surface area contributed by atoms with Gasteiger partial charge in [-0.3, -0.25) is 4.79 Å². The average molecular weight is 349 g/mol. The molecule has 0 aromatic carbocycles. The van der Waals surface area contributed by atoms with Gasteiger partial charge in [-0.15, -0.1) is 0 Å². The lowest BCUT2D eigenvalue weighted by Gasteiger charge is -2.27. The van der Waals surface area contributed by atoms with Crippen molar-refractivity contribution in [3.8, 4) is 0 Å². The van der Waals surface area contributed by atoms with E-state index in [1.54, 1.807) is 0 Å². The van der Waals surface area contributed by atoms with Gasteiger partial charge in [0, 0.05) is 19.1 Å². The molecule has 3 fully saturated rings. The van der Waals surface area contributed by atoms with Crippen molar-refractivity contribution in [2.45, 2.75) is 76.0 Å². The van der Waals surface area contributed by atoms with Crippen molar-refractivity contribution in [1.82, 2.24) is 15.0 Å². The lowest BCUT2D eigenvalue weighted by atomic mass is 10.1. The minimum atomic E-state index is -0.471. The van der Waals surface area contributed by atoms with E-state index in [1.165, 1.54) is 6.42 Å². The summed E-state index contributed by atoms with van der Waals surface area (Å²) in [6, 6.07) is -0.0827. The quantitative estimate of drug-likeness (QED) is 0.785. The summed E-state index contributed by atoms with van der Waals surface area (Å²) in [7, 11) is 0. The summed E-state index contributed by atoms with van der Waals surface area (Å²) < 4.78 is 16.9. The van der Waals surface area contributed by atoms with Crippen LogP contribution in [0.5, 0.6) is 0 Å². The van der Waals surface area contributed by atoms with E-state index >= 15 is 0 Å². The van der Waals surface area contributed by atoms with Crippen molar-refractivity contribution in [1.29, 1.82) is 0 Å². The monoisotopic (exact) mass is 349 g/mol. The normalized spacial score (nSPS) is 28.3. The molecule has 7 heteroatoms. The van der Waals surface area contributed by atoms with Crippen molar-refractivity contribution in [2.24, 2.45) is 0 Å². The van der Waals surface area contributed by atoms with E-state index in [1.807, 2.05) is 11.8 Å². The van der Waals surface area contributed by atoms with Gasteiger partial charge in [-0.2, -0.15) is 4.98 Å². The molecule has 2 aliphatic heterocycles. The zero-order valence-corrected chi connectivity index (χ0v) is 14.9. The molecule has 7 nitrogen and oxygen atoms in total. The summed E-state index contributed by atoms with van der Waals surface area (Å²) in [6.45, 7) is 3.84. The highest BCUT2D eigenvalue weighted by Gasteiger charge is 2.37. The molecule has 3 heterocycles. The van der Waals surface area contributed by atoms with Crippen LogP contribution in [0.25, 0.3) is 0 Å². The van der Waals surface area contributed by atoms with Crippen molar-refractivity contribution >= 4 is 5.91 Å². The molecule has 0 spiro atoms. The van der Waals surface area contributed by atoms with Gasteiger partial charge in [0.25, 0.3) is 5.91 Å². The van der Waals surface area contributed by atoms with E-state index in [2.05, 4.69) is 10.1 Å². The molecule has 1 amide bonds. The molecule has 1 saturated carbocycles. The average Bonchev–Trinajstić information content (AvgIpc) is 3.18. The van der Waals surface area contributed by atoms with Crippen LogP contribution in [0.1, 0.15) is 75.5 Å². The van der Waals surface area contributed by atoms with Crippen LogP contribution < -0.4 is 0 Å². The molecule has 0 radical (unpaired) electrons. The molecule has 2 saturated heterocycles. The Balaban J connectivity index is 1.34. The molecule has 138 valence electrons. The number of hydrogen-bond acceptors (Lipinski definition) is 6. The molecule has 4 rings (SSSR count). The maximum absolute atomic E-state index is 12.8. The lowest BCUT2D eigenvalue weighted by Crippen LogP contribution is -2.40. The van der Waals surface area contributed by atoms with Gasteiger partial charge in [0.2, 0.25) is 5.89 Å². The van der Waals surface area contributed by atoms with Crippen molar-refractivity contribution in [3.05, 3.63) is 11.7 Å². The SMILES string of the molecule is C[C@H](OC[C@@H]1CCCCO1)C(=O)N1CCC[C@H]1c1noc(C2CC2)n1. The van der Waals surface area contributed by atoms with E-state index in [0.29, 0.717) is 18.3 Å². The van der Waals surface area contributed by atoms with E-state index < -0.39 is 6.10 Å². The molecule has 25 heavy (non-hydrogen) atoms. The van der Waals surface area contributed by atoms with Crippen LogP contribution in [0.2, 0.25) is 0 Å². The summed E-state index contributed by atoms with van der Waals surface area (Å²) in [4.78, 5) is 19.2. The van der Waals surface area contributed by atoms with Crippen LogP contribution in [-0.4, -0.2) is 52.9 Å². The highest BCUT2D eigenvalue weighted by Crippen LogP contribution is 2.40. The maximum Gasteiger partial charge on any atom is 0.252 e. The number of carbonyl (C=O) groups is 1. The first-order valence-corrected chi connectivity index (χ1v) is 9.59. The van der Waals surface area contributed by atoms with Crippen LogP contribution in [0.3, 0.4) is 0 Å². The molecule has 0 unspecified atom stereocenters. The van der Waals surface area contributed by atoms with Crippen molar-refractivity contribution in [2.75, 3.05) is 19.8 Å². The number of rotatable bonds is 6. The third-order valence-corrected chi connectivity index (χ3v) is 5.37. The predicted octanol–water partition coefficient (Wildman–Crippen LogP) is 2.58. The molecule has 0 N–H and O–H groups in total. The Bertz CT molecular complexity index is 595. The summed E-state index contributed by atoms with van der Waals surface area (Å²) in [6.07, 6.45) is 7.06. The predicted molar refractivity (Wildman–Crippen MR) is 89.0 cm³/mol. The van der Waals surface area contributed by atoms with Gasteiger partial charge < -0.3 is 18.9 Å². The van der Waals surface area contributed by atoms with Gasteiger partial charge in [-0.1, -0.05) is 5.16 Å². The van der Waals surface area contributed by atoms with Crippen LogP contribution >= 0.6 is 0 Å². The third kappa shape index (κ3) is 3.87. The first-order valence-electron chi connectivity index (χ1n) is 9.59. The van der Waals surface area contributed by atoms with E-state index in [-0.39, 0.29) is 18.1 Å². The second-order valence-electron chi connectivity index (χ2n) is 7.42. The number of ether oxygens (including phenoxy) is 2. The van der Waals surface area contributed by atoms with Gasteiger partial charge in [0.1, 0.15) is 6.10 Å². The zero-order valence-electron chi connectivity index (χ0n) is 14.9. The molecular weight excluding hydrogens is 322 g/mol. The summed E-state index contributed by atoms with van der Waals surface area (Å²) >= 11 is 0. The number of amides is 1. The lowest BCUT2D eigenvalue weighted by molar-refractivity contribution is -0.147. The fourth-order valence-corrected chi connectivity index (χ4v) is 3.67. The molecule has 0 bridgehead atoms. The third-order valence-electron chi connectivity index (χ3n) is 5.37. The van der Waals surface area contributed by atoms with Gasteiger partial charge in [0.15, 0.2) is 5.82 Å². The van der Waals surface area contributed by atoms with E-state index in [4.69, 9.17) is 14.0 Å². The van der Waals surface area contributed by atoms with Gasteiger partial charge >= 0.3 is 0 Å². The Morgan fingerprint density at radius 3 is 2.92 bits per heavy atom. The Hall–Kier alpha value is -1.47. The van der Waals surface area contributed by atoms with Gasteiger partial charge in [-0.05, 0) is 51.9 Å². The summed E-state index contributed by atoms with van der Waals surface area (Å²) in [5, 5.41) is 4.13. The van der Waals surface area contributed by atoms with E-state index in [0.717, 1.165) is 57.6 Å². The first-order chi connectivity index (χ1) is 12.2. The highest BCUT2D eigenvalue weighted by atomic mass is 16.5. The van der Waals surface area contributed by atoms with Crippen LogP contribution in [0.15, 0.2) is 4.52 Å². The van der Waals surface area contributed by atoms with Crippen LogP contribution in [0, 0.1) is 0 Å². The second kappa shape index (κ2) is 7.41. The molecule has 1 aromatic heterocycles. The van der Waals surface area contributed by atoms with Crippen LogP contribution in [-0.2, 0) is 14.3 Å². The van der Waals surface area contributed by atoms with Gasteiger partial charge in [0.05, 0.1) is 18.8 Å². The summed E-state index contributed by atoms with van der Waals surface area (Å²) in [5.41, 5.74) is 0. The number of hydrogen-bond donors (Lipinski definition) is 0. The Morgan fingerprint density at radius 2 is 2.16 bits per heavy atom. The molecule has 1 aliphatic carbocycles. The summed E-state index contributed by atoms with van der Waals surface area (Å²) in [5.74, 6) is 1.82. The molecule has 3 aliphatic rings. The number of likely N-dealkylation sites (tertiary alicyclic amines) is 1. The molecular formula is C18H27N3O4.